The number of carboxylic acid groups (broad SMARTS) is 1. The van der Waals surface area contributed by atoms with Crippen molar-refractivity contribution in [3.63, 3.8) is 0 Å². The maximum Gasteiger partial charge on any atom is 0.335 e. The van der Waals surface area contributed by atoms with E-state index in [9.17, 15) is 14.4 Å². The molecule has 1 N–H and O–H groups in total. The zero-order valence-electron chi connectivity index (χ0n) is 17.3. The summed E-state index contributed by atoms with van der Waals surface area (Å²) in [5, 5.41) is 8.38. The Morgan fingerprint density at radius 2 is 1.22 bits per heavy atom. The van der Waals surface area contributed by atoms with Crippen LogP contribution in [0, 0.1) is 5.92 Å². The van der Waals surface area contributed by atoms with E-state index in [1.54, 1.807) is 60.7 Å². The highest BCUT2D eigenvalue weighted by Gasteiger charge is 2.27. The van der Waals surface area contributed by atoms with Crippen molar-refractivity contribution >= 4 is 23.6 Å². The first kappa shape index (κ1) is 22.4. The fourth-order valence-electron chi connectivity index (χ4n) is 3.13. The third kappa shape index (κ3) is 6.09. The number of carbonyl (C=O) groups excluding carboxylic acids is 2. The number of benzene rings is 3. The molecule has 0 saturated carbocycles. The molecule has 4 heteroatoms. The highest BCUT2D eigenvalue weighted by molar-refractivity contribution is 6.45. The molecule has 3 aromatic rings. The van der Waals surface area contributed by atoms with Gasteiger partial charge in [-0.3, -0.25) is 9.59 Å². The van der Waals surface area contributed by atoms with Crippen LogP contribution in [0.1, 0.15) is 26.3 Å². The molecule has 4 nitrogen and oxygen atoms in total. The van der Waals surface area contributed by atoms with Crippen molar-refractivity contribution in [2.45, 2.75) is 0 Å². The predicted octanol–water partition coefficient (Wildman–Crippen LogP) is 5.65. The van der Waals surface area contributed by atoms with Crippen molar-refractivity contribution in [1.82, 2.24) is 0 Å². The van der Waals surface area contributed by atoms with Gasteiger partial charge in [0.05, 0.1) is 11.5 Å². The van der Waals surface area contributed by atoms with E-state index >= 15 is 0 Å². The molecule has 0 aliphatic heterocycles. The van der Waals surface area contributed by atoms with Crippen molar-refractivity contribution in [1.29, 1.82) is 0 Å². The van der Waals surface area contributed by atoms with E-state index in [0.29, 0.717) is 11.1 Å². The SMILES string of the molecule is O=C(C(=O)C1C=CC=CC1=Cc1ccccc1)c1ccccc1.O=C(O)c1ccccc1. The fraction of sp³-hybridized carbons (Fsp3) is 0.0357. The Morgan fingerprint density at radius 1 is 0.688 bits per heavy atom. The van der Waals surface area contributed by atoms with Crippen molar-refractivity contribution in [2.75, 3.05) is 0 Å². The van der Waals surface area contributed by atoms with Gasteiger partial charge >= 0.3 is 5.97 Å². The summed E-state index contributed by atoms with van der Waals surface area (Å²) < 4.78 is 0. The molecule has 3 aromatic carbocycles. The number of rotatable bonds is 5. The van der Waals surface area contributed by atoms with Gasteiger partial charge in [-0.1, -0.05) is 109 Å². The highest BCUT2D eigenvalue weighted by atomic mass is 16.4. The first-order valence-electron chi connectivity index (χ1n) is 10.1. The maximum absolute atomic E-state index is 12.6. The molecule has 0 bridgehead atoms. The summed E-state index contributed by atoms with van der Waals surface area (Å²) in [7, 11) is 0. The Hall–Kier alpha value is -4.31. The molecular formula is C28H22O4. The number of hydrogen-bond acceptors (Lipinski definition) is 3. The minimum absolute atomic E-state index is 0.331. The minimum Gasteiger partial charge on any atom is -0.478 e. The predicted molar refractivity (Wildman–Crippen MR) is 125 cm³/mol. The van der Waals surface area contributed by atoms with E-state index in [2.05, 4.69) is 0 Å². The van der Waals surface area contributed by atoms with Crippen LogP contribution in [0.4, 0.5) is 0 Å². The van der Waals surface area contributed by atoms with E-state index in [-0.39, 0.29) is 0 Å². The summed E-state index contributed by atoms with van der Waals surface area (Å²) in [6.07, 6.45) is 9.29. The van der Waals surface area contributed by atoms with E-state index < -0.39 is 23.5 Å². The minimum atomic E-state index is -0.879. The van der Waals surface area contributed by atoms with Gasteiger partial charge in [-0.25, -0.2) is 4.79 Å². The van der Waals surface area contributed by atoms with E-state index in [0.717, 1.165) is 11.1 Å². The van der Waals surface area contributed by atoms with Crippen LogP contribution in [0.2, 0.25) is 0 Å². The summed E-state index contributed by atoms with van der Waals surface area (Å²) >= 11 is 0. The lowest BCUT2D eigenvalue weighted by Crippen LogP contribution is -2.24. The maximum atomic E-state index is 12.6. The first-order valence-corrected chi connectivity index (χ1v) is 10.1. The lowest BCUT2D eigenvalue weighted by molar-refractivity contribution is -0.116. The van der Waals surface area contributed by atoms with Crippen LogP contribution in [-0.4, -0.2) is 22.6 Å². The Morgan fingerprint density at radius 3 is 1.75 bits per heavy atom. The lowest BCUT2D eigenvalue weighted by atomic mass is 9.86. The van der Waals surface area contributed by atoms with Crippen LogP contribution < -0.4 is 0 Å². The van der Waals surface area contributed by atoms with Crippen molar-refractivity contribution in [2.24, 2.45) is 5.92 Å². The average Bonchev–Trinajstić information content (AvgIpc) is 2.85. The quantitative estimate of drug-likeness (QED) is 0.426. The second-order valence-electron chi connectivity index (χ2n) is 7.01. The number of hydrogen-bond donors (Lipinski definition) is 1. The molecule has 1 atom stereocenters. The molecule has 0 saturated heterocycles. The molecule has 1 unspecified atom stereocenters. The number of carbonyl (C=O) groups is 3. The summed E-state index contributed by atoms with van der Waals surface area (Å²) in [6.45, 7) is 0. The average molecular weight is 422 g/mol. The Balaban J connectivity index is 0.000000269. The molecule has 0 spiro atoms. The molecule has 0 fully saturated rings. The van der Waals surface area contributed by atoms with Crippen molar-refractivity contribution < 1.29 is 19.5 Å². The van der Waals surface area contributed by atoms with Crippen molar-refractivity contribution in [3.8, 4) is 0 Å². The molecule has 1 aliphatic rings. The van der Waals surface area contributed by atoms with E-state index in [1.165, 1.54) is 0 Å². The fourth-order valence-corrected chi connectivity index (χ4v) is 3.13. The van der Waals surface area contributed by atoms with E-state index in [1.807, 2.05) is 60.7 Å². The summed E-state index contributed by atoms with van der Waals surface area (Å²) in [5.41, 5.74) is 2.59. The highest BCUT2D eigenvalue weighted by Crippen LogP contribution is 2.24. The van der Waals surface area contributed by atoms with Crippen LogP contribution in [-0.2, 0) is 4.79 Å². The summed E-state index contributed by atoms with van der Waals surface area (Å²) in [4.78, 5) is 35.2. The molecule has 158 valence electrons. The van der Waals surface area contributed by atoms with Gasteiger partial charge in [0.25, 0.3) is 0 Å². The van der Waals surface area contributed by atoms with Crippen LogP contribution >= 0.6 is 0 Å². The Labute approximate surface area is 186 Å². The molecule has 1 aliphatic carbocycles. The summed E-state index contributed by atoms with van der Waals surface area (Å²) in [5.74, 6) is -2.27. The number of aromatic carboxylic acids is 1. The molecule has 0 radical (unpaired) electrons. The summed E-state index contributed by atoms with van der Waals surface area (Å²) in [6, 6.07) is 26.8. The van der Waals surface area contributed by atoms with Crippen molar-refractivity contribution in [3.05, 3.63) is 138 Å². The zero-order valence-corrected chi connectivity index (χ0v) is 17.3. The smallest absolute Gasteiger partial charge is 0.335 e. The standard InChI is InChI=1S/C21H16O2.C7H6O2/c22-20(17-11-5-2-6-12-17)21(23)19-14-8-7-13-18(19)15-16-9-3-1-4-10-16;8-7(9)6-4-2-1-3-5-6/h1-15,19H;1-5H,(H,8,9). The zero-order chi connectivity index (χ0) is 22.8. The van der Waals surface area contributed by atoms with Gasteiger partial charge in [-0.2, -0.15) is 0 Å². The molecule has 4 rings (SSSR count). The van der Waals surface area contributed by atoms with Crippen LogP contribution in [0.15, 0.2) is 121 Å². The lowest BCUT2D eigenvalue weighted by Gasteiger charge is -2.15. The number of ketones is 2. The molecule has 32 heavy (non-hydrogen) atoms. The second kappa shape index (κ2) is 11.2. The van der Waals surface area contributed by atoms with Crippen LogP contribution in [0.5, 0.6) is 0 Å². The normalized spacial score (nSPS) is 15.5. The molecular weight excluding hydrogens is 400 g/mol. The number of carboxylic acids is 1. The van der Waals surface area contributed by atoms with Gasteiger partial charge in [0.2, 0.25) is 11.6 Å². The second-order valence-corrected chi connectivity index (χ2v) is 7.01. The van der Waals surface area contributed by atoms with Gasteiger partial charge in [-0.05, 0) is 23.3 Å². The Bertz CT molecular complexity index is 1160. The first-order chi connectivity index (χ1) is 15.6. The van der Waals surface area contributed by atoms with Gasteiger partial charge in [0.15, 0.2) is 0 Å². The third-order valence-corrected chi connectivity index (χ3v) is 4.76. The molecule has 0 heterocycles. The van der Waals surface area contributed by atoms with Gasteiger partial charge < -0.3 is 5.11 Å². The van der Waals surface area contributed by atoms with Gasteiger partial charge in [-0.15, -0.1) is 0 Å². The van der Waals surface area contributed by atoms with E-state index in [4.69, 9.17) is 5.11 Å². The topological polar surface area (TPSA) is 71.4 Å². The number of Topliss-reactive ketones (excluding diaryl/α,β-unsaturated/α-hetero) is 2. The third-order valence-electron chi connectivity index (χ3n) is 4.76. The molecule has 0 aromatic heterocycles. The van der Waals surface area contributed by atoms with Crippen LogP contribution in [0.3, 0.4) is 0 Å². The number of allylic oxidation sites excluding steroid dienone is 5. The van der Waals surface area contributed by atoms with Gasteiger partial charge in [0.1, 0.15) is 0 Å². The largest absolute Gasteiger partial charge is 0.478 e. The molecule has 0 amide bonds. The van der Waals surface area contributed by atoms with Crippen LogP contribution in [0.25, 0.3) is 6.08 Å². The Kier molecular flexibility index (Phi) is 7.82. The van der Waals surface area contributed by atoms with Gasteiger partial charge in [0, 0.05) is 5.56 Å². The monoisotopic (exact) mass is 422 g/mol.